The van der Waals surface area contributed by atoms with E-state index >= 15 is 0 Å². The number of piperidine rings is 1. The first-order valence-corrected chi connectivity index (χ1v) is 17.8. The number of likely N-dealkylation sites (N-methyl/N-ethyl adjacent to an activating group) is 1. The van der Waals surface area contributed by atoms with Gasteiger partial charge < -0.3 is 30.4 Å². The number of carbonyl (C=O) groups excluding carboxylic acids is 2. The van der Waals surface area contributed by atoms with Crippen molar-refractivity contribution in [1.29, 1.82) is 0 Å². The molecule has 0 aliphatic carbocycles. The Kier molecular flexibility index (Phi) is 15.1. The Labute approximate surface area is 296 Å². The number of benzene rings is 3. The number of hydrogen-bond donors (Lipinski definition) is 4. The van der Waals surface area contributed by atoms with Crippen LogP contribution in [0.15, 0.2) is 66.7 Å². The second-order valence-electron chi connectivity index (χ2n) is 13.1. The predicted octanol–water partition coefficient (Wildman–Crippen LogP) is 6.57. The van der Waals surface area contributed by atoms with Gasteiger partial charge in [0, 0.05) is 57.8 Å². The fourth-order valence-corrected chi connectivity index (χ4v) is 6.50. The van der Waals surface area contributed by atoms with E-state index in [-0.39, 0.29) is 17.7 Å². The molecule has 1 saturated heterocycles. The molecule has 0 spiro atoms. The lowest BCUT2D eigenvalue weighted by Crippen LogP contribution is -2.40. The van der Waals surface area contributed by atoms with Crippen LogP contribution in [0.3, 0.4) is 0 Å². The molecule has 0 aromatic heterocycles. The zero-order valence-electron chi connectivity index (χ0n) is 29.7. The normalized spacial score (nSPS) is 13.5. The minimum Gasteiger partial charge on any atom is -0.465 e. The van der Waals surface area contributed by atoms with Crippen LogP contribution in [0, 0.1) is 5.82 Å². The number of nitrogens with one attached hydrogen (secondary N) is 3. The number of rotatable bonds is 18. The van der Waals surface area contributed by atoms with Crippen LogP contribution in [0.25, 0.3) is 11.1 Å². The molecular weight excluding hydrogens is 635 g/mol. The van der Waals surface area contributed by atoms with E-state index in [0.29, 0.717) is 43.0 Å². The lowest BCUT2D eigenvalue weighted by atomic mass is 9.86. The van der Waals surface area contributed by atoms with E-state index < -0.39 is 11.9 Å². The second-order valence-corrected chi connectivity index (χ2v) is 13.1. The highest BCUT2D eigenvalue weighted by Crippen LogP contribution is 2.39. The molecule has 0 radical (unpaired) electrons. The number of anilines is 2. The van der Waals surface area contributed by atoms with Crippen molar-refractivity contribution in [1.82, 2.24) is 20.0 Å². The number of carboxylic acid groups (broad SMARTS) is 1. The molecule has 0 atom stereocenters. The van der Waals surface area contributed by atoms with Gasteiger partial charge in [0.1, 0.15) is 5.82 Å². The summed E-state index contributed by atoms with van der Waals surface area (Å²) in [6, 6.07) is 20.4. The van der Waals surface area contributed by atoms with Gasteiger partial charge >= 0.3 is 6.09 Å². The topological polar surface area (TPSA) is 117 Å². The summed E-state index contributed by atoms with van der Waals surface area (Å²) in [7, 11) is 5.44. The van der Waals surface area contributed by atoms with E-state index in [0.717, 1.165) is 81.4 Å². The van der Waals surface area contributed by atoms with Crippen LogP contribution in [0.5, 0.6) is 0 Å². The standard InChI is InChI=1S/C39H53FN6O4/c1-41-21-11-23-45(3)38(48)31-17-18-35(34(40)28-31)42-22-9-5-8-16-36(47)44(2)26-27-46-24-19-30(20-25-46)33-15-10-14-32(37(33)43-39(49)50)29-12-6-4-7-13-29/h4,6-7,10,12-15,17-18,28,30,41-43H,5,8-9,11,16,19-27H2,1-3H3,(H,49,50). The van der Waals surface area contributed by atoms with Crippen molar-refractivity contribution in [3.05, 3.63) is 83.7 Å². The van der Waals surface area contributed by atoms with Crippen molar-refractivity contribution in [3.63, 3.8) is 0 Å². The summed E-state index contributed by atoms with van der Waals surface area (Å²) < 4.78 is 14.7. The Hall–Kier alpha value is -4.48. The van der Waals surface area contributed by atoms with Crippen molar-refractivity contribution >= 4 is 29.3 Å². The monoisotopic (exact) mass is 688 g/mol. The van der Waals surface area contributed by atoms with E-state index in [1.807, 2.05) is 62.6 Å². The van der Waals surface area contributed by atoms with Crippen molar-refractivity contribution in [2.75, 3.05) is 77.6 Å². The van der Waals surface area contributed by atoms with E-state index in [9.17, 15) is 23.9 Å². The van der Waals surface area contributed by atoms with Crippen molar-refractivity contribution < 1.29 is 23.9 Å². The van der Waals surface area contributed by atoms with Gasteiger partial charge in [-0.05, 0) is 94.0 Å². The fraction of sp³-hybridized carbons (Fsp3) is 0.462. The maximum Gasteiger partial charge on any atom is 0.409 e. The van der Waals surface area contributed by atoms with Gasteiger partial charge in [-0.3, -0.25) is 14.9 Å². The minimum atomic E-state index is -1.07. The highest BCUT2D eigenvalue weighted by Gasteiger charge is 2.25. The van der Waals surface area contributed by atoms with Crippen LogP contribution in [-0.2, 0) is 4.79 Å². The molecule has 0 unspecified atom stereocenters. The molecule has 4 rings (SSSR count). The lowest BCUT2D eigenvalue weighted by Gasteiger charge is -2.34. The predicted molar refractivity (Wildman–Crippen MR) is 198 cm³/mol. The van der Waals surface area contributed by atoms with Crippen LogP contribution in [0.4, 0.5) is 20.6 Å². The quantitative estimate of drug-likeness (QED) is 0.112. The lowest BCUT2D eigenvalue weighted by molar-refractivity contribution is -0.130. The SMILES string of the molecule is CNCCCN(C)C(=O)c1ccc(NCCCCCC(=O)N(C)CCN2CCC(c3cccc(-c4ccccc4)c3NC(=O)O)CC2)c(F)c1. The average molecular weight is 689 g/mol. The molecule has 1 aliphatic rings. The molecular formula is C39H53FN6O4. The molecule has 3 aromatic rings. The largest absolute Gasteiger partial charge is 0.465 e. The number of amides is 3. The van der Waals surface area contributed by atoms with E-state index in [4.69, 9.17) is 0 Å². The fourth-order valence-electron chi connectivity index (χ4n) is 6.50. The van der Waals surface area contributed by atoms with Crippen molar-refractivity contribution in [3.8, 4) is 11.1 Å². The summed E-state index contributed by atoms with van der Waals surface area (Å²) >= 11 is 0. The number of nitrogens with zero attached hydrogens (tertiary/aromatic N) is 3. The van der Waals surface area contributed by atoms with Crippen LogP contribution < -0.4 is 16.0 Å². The van der Waals surface area contributed by atoms with Gasteiger partial charge in [0.2, 0.25) is 5.91 Å². The maximum atomic E-state index is 14.7. The highest BCUT2D eigenvalue weighted by molar-refractivity contribution is 5.94. The van der Waals surface area contributed by atoms with Gasteiger partial charge in [-0.15, -0.1) is 0 Å². The van der Waals surface area contributed by atoms with Gasteiger partial charge in [-0.2, -0.15) is 0 Å². The number of halogens is 1. The average Bonchev–Trinajstić information content (AvgIpc) is 3.12. The first kappa shape index (κ1) is 38.3. The highest BCUT2D eigenvalue weighted by atomic mass is 19.1. The molecule has 0 saturated carbocycles. The smallest absolute Gasteiger partial charge is 0.409 e. The Morgan fingerprint density at radius 1 is 0.880 bits per heavy atom. The van der Waals surface area contributed by atoms with E-state index in [1.165, 1.54) is 6.07 Å². The summed E-state index contributed by atoms with van der Waals surface area (Å²) in [5.74, 6) is -0.275. The van der Waals surface area contributed by atoms with Crippen molar-refractivity contribution in [2.45, 2.75) is 50.9 Å². The van der Waals surface area contributed by atoms with Crippen LogP contribution in [0.2, 0.25) is 0 Å². The van der Waals surface area contributed by atoms with Gasteiger partial charge in [0.15, 0.2) is 0 Å². The molecule has 1 aliphatic heterocycles. The zero-order valence-corrected chi connectivity index (χ0v) is 29.7. The molecule has 11 heteroatoms. The van der Waals surface area contributed by atoms with Crippen LogP contribution >= 0.6 is 0 Å². The molecule has 1 heterocycles. The van der Waals surface area contributed by atoms with Crippen LogP contribution in [0.1, 0.15) is 66.8 Å². The maximum absolute atomic E-state index is 14.7. The Balaban J connectivity index is 1.13. The molecule has 3 aromatic carbocycles. The summed E-state index contributed by atoms with van der Waals surface area (Å²) in [5.41, 5.74) is 4.27. The summed E-state index contributed by atoms with van der Waals surface area (Å²) in [6.07, 6.45) is 4.48. The third-order valence-corrected chi connectivity index (χ3v) is 9.48. The minimum absolute atomic E-state index is 0.122. The number of para-hydroxylation sites is 1. The second kappa shape index (κ2) is 19.6. The van der Waals surface area contributed by atoms with Gasteiger partial charge in [-0.25, -0.2) is 9.18 Å². The number of unbranched alkanes of at least 4 members (excludes halogenated alkanes) is 2. The molecule has 0 bridgehead atoms. The molecule has 3 amide bonds. The van der Waals surface area contributed by atoms with Gasteiger partial charge in [0.05, 0.1) is 11.4 Å². The van der Waals surface area contributed by atoms with Gasteiger partial charge in [-0.1, -0.05) is 55.0 Å². The van der Waals surface area contributed by atoms with Gasteiger partial charge in [0.25, 0.3) is 5.91 Å². The first-order chi connectivity index (χ1) is 24.2. The molecule has 10 nitrogen and oxygen atoms in total. The first-order valence-electron chi connectivity index (χ1n) is 17.8. The summed E-state index contributed by atoms with van der Waals surface area (Å²) in [4.78, 5) is 42.9. The molecule has 270 valence electrons. The number of likely N-dealkylation sites (tertiary alicyclic amines) is 1. The summed E-state index contributed by atoms with van der Waals surface area (Å²) in [5, 5.41) is 18.4. The third kappa shape index (κ3) is 11.3. The Bertz CT molecular complexity index is 1550. The number of carbonyl (C=O) groups is 3. The van der Waals surface area contributed by atoms with Crippen molar-refractivity contribution in [2.24, 2.45) is 0 Å². The Morgan fingerprint density at radius 3 is 2.34 bits per heavy atom. The molecule has 1 fully saturated rings. The van der Waals surface area contributed by atoms with E-state index in [1.54, 1.807) is 29.0 Å². The molecule has 50 heavy (non-hydrogen) atoms. The zero-order chi connectivity index (χ0) is 35.9. The Morgan fingerprint density at radius 2 is 1.64 bits per heavy atom. The summed E-state index contributed by atoms with van der Waals surface area (Å²) in [6.45, 7) is 5.22. The molecule has 4 N–H and O–H groups in total. The van der Waals surface area contributed by atoms with Crippen LogP contribution in [-0.4, -0.2) is 105 Å². The number of hydrogen-bond acceptors (Lipinski definition) is 6. The van der Waals surface area contributed by atoms with E-state index in [2.05, 4.69) is 20.9 Å². The third-order valence-electron chi connectivity index (χ3n) is 9.48.